The molecule has 158 valence electrons. The van der Waals surface area contributed by atoms with Gasteiger partial charge in [0, 0.05) is 16.8 Å². The van der Waals surface area contributed by atoms with E-state index in [2.05, 4.69) is 36.3 Å². The Balaban J connectivity index is 1.54. The Bertz CT molecular complexity index is 1230. The first-order valence-corrected chi connectivity index (χ1v) is 10.6. The fourth-order valence-electron chi connectivity index (χ4n) is 3.26. The van der Waals surface area contributed by atoms with Crippen LogP contribution in [0.3, 0.4) is 0 Å². The van der Waals surface area contributed by atoms with Gasteiger partial charge in [-0.2, -0.15) is 0 Å². The number of carbonyl (C=O) groups excluding carboxylic acids is 1. The van der Waals surface area contributed by atoms with Gasteiger partial charge in [-0.15, -0.1) is 0 Å². The zero-order valence-corrected chi connectivity index (χ0v) is 18.4. The average Bonchev–Trinajstić information content (AvgIpc) is 3.18. The third kappa shape index (κ3) is 4.57. The summed E-state index contributed by atoms with van der Waals surface area (Å²) in [6.07, 6.45) is 0. The Morgan fingerprint density at radius 1 is 1.10 bits per heavy atom. The van der Waals surface area contributed by atoms with E-state index in [1.54, 1.807) is 36.4 Å². The molecule has 0 saturated carbocycles. The molecule has 0 fully saturated rings. The molecular formula is C25H23ClN2O3. The molecule has 0 saturated heterocycles. The lowest BCUT2D eigenvalue weighted by molar-refractivity contribution is 0.102. The van der Waals surface area contributed by atoms with Crippen LogP contribution in [-0.2, 0) is 0 Å². The number of rotatable bonds is 6. The Morgan fingerprint density at radius 3 is 2.55 bits per heavy atom. The number of halogens is 1. The maximum atomic E-state index is 12.6. The summed E-state index contributed by atoms with van der Waals surface area (Å²) in [6.45, 7) is 6.70. The summed E-state index contributed by atoms with van der Waals surface area (Å²) in [5.41, 5.74) is 4.57. The minimum absolute atomic E-state index is 0.266. The molecule has 31 heavy (non-hydrogen) atoms. The highest BCUT2D eigenvalue weighted by atomic mass is 35.5. The summed E-state index contributed by atoms with van der Waals surface area (Å²) in [5.74, 6) is 1.30. The molecule has 3 aromatic carbocycles. The molecule has 0 aliphatic rings. The summed E-state index contributed by atoms with van der Waals surface area (Å²) in [5, 5.41) is 3.28. The molecule has 1 heterocycles. The zero-order valence-electron chi connectivity index (χ0n) is 17.6. The first-order chi connectivity index (χ1) is 14.9. The van der Waals surface area contributed by atoms with E-state index in [0.29, 0.717) is 51.5 Å². The van der Waals surface area contributed by atoms with E-state index in [-0.39, 0.29) is 5.91 Å². The Labute approximate surface area is 186 Å². The van der Waals surface area contributed by atoms with Crippen LogP contribution in [0.1, 0.15) is 42.6 Å². The number of hydrogen-bond donors (Lipinski definition) is 1. The lowest BCUT2D eigenvalue weighted by Crippen LogP contribution is -2.11. The molecule has 1 aromatic heterocycles. The van der Waals surface area contributed by atoms with Crippen molar-refractivity contribution >= 4 is 34.3 Å². The number of aromatic nitrogens is 1. The minimum Gasteiger partial charge on any atom is -0.492 e. The Hall–Kier alpha value is -3.31. The third-order valence-corrected chi connectivity index (χ3v) is 5.26. The predicted molar refractivity (Wildman–Crippen MR) is 124 cm³/mol. The Morgan fingerprint density at radius 2 is 1.87 bits per heavy atom. The molecule has 6 heteroatoms. The van der Waals surface area contributed by atoms with E-state index < -0.39 is 0 Å². The second-order valence-electron chi connectivity index (χ2n) is 7.51. The van der Waals surface area contributed by atoms with Gasteiger partial charge in [0.1, 0.15) is 11.3 Å². The van der Waals surface area contributed by atoms with Gasteiger partial charge < -0.3 is 14.5 Å². The van der Waals surface area contributed by atoms with Crippen LogP contribution in [0, 0.1) is 0 Å². The standard InChI is InChI=1S/C25H23ClN2O3/c1-4-30-22-11-9-18(13-20(22)26)24(29)27-19-10-12-23-21(14-19)28-25(31-23)17-7-5-16(6-8-17)15(2)3/h5-15H,4H2,1-3H3,(H,27,29). The number of nitrogens with one attached hydrogen (secondary N) is 1. The molecular weight excluding hydrogens is 412 g/mol. The summed E-state index contributed by atoms with van der Waals surface area (Å²) in [6, 6.07) is 18.5. The molecule has 0 bridgehead atoms. The molecule has 0 aliphatic carbocycles. The van der Waals surface area contributed by atoms with Crippen molar-refractivity contribution in [2.24, 2.45) is 0 Å². The van der Waals surface area contributed by atoms with Crippen molar-refractivity contribution in [3.8, 4) is 17.2 Å². The number of anilines is 1. The van der Waals surface area contributed by atoms with E-state index in [1.165, 1.54) is 5.56 Å². The molecule has 0 atom stereocenters. The summed E-state index contributed by atoms with van der Waals surface area (Å²) >= 11 is 6.19. The van der Waals surface area contributed by atoms with Gasteiger partial charge in [-0.1, -0.05) is 37.6 Å². The topological polar surface area (TPSA) is 64.4 Å². The maximum Gasteiger partial charge on any atom is 0.255 e. The van der Waals surface area contributed by atoms with Crippen molar-refractivity contribution in [2.45, 2.75) is 26.7 Å². The van der Waals surface area contributed by atoms with Gasteiger partial charge >= 0.3 is 0 Å². The van der Waals surface area contributed by atoms with Crippen LogP contribution >= 0.6 is 11.6 Å². The van der Waals surface area contributed by atoms with Crippen LogP contribution in [0.4, 0.5) is 5.69 Å². The highest BCUT2D eigenvalue weighted by Crippen LogP contribution is 2.29. The van der Waals surface area contributed by atoms with Gasteiger partial charge in [-0.05, 0) is 66.9 Å². The van der Waals surface area contributed by atoms with E-state index in [9.17, 15) is 4.79 Å². The molecule has 1 amide bonds. The van der Waals surface area contributed by atoms with Gasteiger partial charge in [0.05, 0.1) is 11.6 Å². The van der Waals surface area contributed by atoms with Crippen LogP contribution < -0.4 is 10.1 Å². The van der Waals surface area contributed by atoms with E-state index in [4.69, 9.17) is 20.8 Å². The zero-order chi connectivity index (χ0) is 22.0. The van der Waals surface area contributed by atoms with Gasteiger partial charge in [-0.3, -0.25) is 4.79 Å². The number of nitrogens with zero attached hydrogens (tertiary/aromatic N) is 1. The van der Waals surface area contributed by atoms with Crippen LogP contribution in [0.2, 0.25) is 5.02 Å². The van der Waals surface area contributed by atoms with Gasteiger partial charge in [0.2, 0.25) is 5.89 Å². The SMILES string of the molecule is CCOc1ccc(C(=O)Nc2ccc3oc(-c4ccc(C(C)C)cc4)nc3c2)cc1Cl. The number of amides is 1. The molecule has 0 unspecified atom stereocenters. The summed E-state index contributed by atoms with van der Waals surface area (Å²) in [7, 11) is 0. The van der Waals surface area contributed by atoms with Crippen molar-refractivity contribution in [2.75, 3.05) is 11.9 Å². The molecule has 4 rings (SSSR count). The highest BCUT2D eigenvalue weighted by molar-refractivity contribution is 6.32. The minimum atomic E-state index is -0.266. The first kappa shape index (κ1) is 20.9. The van der Waals surface area contributed by atoms with Gasteiger partial charge in [0.15, 0.2) is 5.58 Å². The van der Waals surface area contributed by atoms with Crippen LogP contribution in [0.15, 0.2) is 65.1 Å². The number of hydrogen-bond acceptors (Lipinski definition) is 4. The average molecular weight is 435 g/mol. The van der Waals surface area contributed by atoms with Crippen LogP contribution in [0.5, 0.6) is 5.75 Å². The van der Waals surface area contributed by atoms with Crippen molar-refractivity contribution < 1.29 is 13.9 Å². The molecule has 4 aromatic rings. The fraction of sp³-hybridized carbons (Fsp3) is 0.200. The molecule has 0 spiro atoms. The van der Waals surface area contributed by atoms with Crippen LogP contribution in [0.25, 0.3) is 22.6 Å². The monoisotopic (exact) mass is 434 g/mol. The van der Waals surface area contributed by atoms with Crippen molar-refractivity contribution in [1.29, 1.82) is 0 Å². The van der Waals surface area contributed by atoms with E-state index in [0.717, 1.165) is 5.56 Å². The third-order valence-electron chi connectivity index (χ3n) is 4.96. The maximum absolute atomic E-state index is 12.6. The first-order valence-electron chi connectivity index (χ1n) is 10.2. The Kier molecular flexibility index (Phi) is 5.96. The van der Waals surface area contributed by atoms with Crippen molar-refractivity contribution in [3.63, 3.8) is 0 Å². The number of benzene rings is 3. The molecule has 1 N–H and O–H groups in total. The summed E-state index contributed by atoms with van der Waals surface area (Å²) < 4.78 is 11.3. The molecule has 0 aliphatic heterocycles. The quantitative estimate of drug-likeness (QED) is 0.357. The molecule has 5 nitrogen and oxygen atoms in total. The lowest BCUT2D eigenvalue weighted by atomic mass is 10.0. The number of fused-ring (bicyclic) bond motifs is 1. The smallest absolute Gasteiger partial charge is 0.255 e. The predicted octanol–water partition coefficient (Wildman–Crippen LogP) is 6.92. The van der Waals surface area contributed by atoms with E-state index >= 15 is 0 Å². The van der Waals surface area contributed by atoms with E-state index in [1.807, 2.05) is 19.1 Å². The number of carbonyl (C=O) groups is 1. The molecule has 0 radical (unpaired) electrons. The number of ether oxygens (including phenoxy) is 1. The fourth-order valence-corrected chi connectivity index (χ4v) is 3.49. The normalized spacial score (nSPS) is 11.1. The van der Waals surface area contributed by atoms with Crippen molar-refractivity contribution in [1.82, 2.24) is 4.98 Å². The van der Waals surface area contributed by atoms with Crippen LogP contribution in [-0.4, -0.2) is 17.5 Å². The largest absolute Gasteiger partial charge is 0.492 e. The second-order valence-corrected chi connectivity index (χ2v) is 7.92. The second kappa shape index (κ2) is 8.82. The highest BCUT2D eigenvalue weighted by Gasteiger charge is 2.13. The van der Waals surface area contributed by atoms with Gasteiger partial charge in [-0.25, -0.2) is 4.98 Å². The summed E-state index contributed by atoms with van der Waals surface area (Å²) in [4.78, 5) is 17.2. The van der Waals surface area contributed by atoms with Gasteiger partial charge in [0.25, 0.3) is 5.91 Å². The van der Waals surface area contributed by atoms with Crippen molar-refractivity contribution in [3.05, 3.63) is 76.8 Å². The number of oxazole rings is 1. The lowest BCUT2D eigenvalue weighted by Gasteiger charge is -2.08.